The minimum Gasteiger partial charge on any atom is -0.494 e. The highest BCUT2D eigenvalue weighted by atomic mass is 16.6. The average Bonchev–Trinajstić information content (AvgIpc) is 3.16. The number of benzene rings is 1. The molecule has 0 radical (unpaired) electrons. The number of carbonyl (C=O) groups is 3. The van der Waals surface area contributed by atoms with Crippen LogP contribution in [0.5, 0.6) is 11.7 Å². The van der Waals surface area contributed by atoms with Crippen molar-refractivity contribution in [3.8, 4) is 11.7 Å². The Balaban J connectivity index is 1.84. The first kappa shape index (κ1) is 25.4. The Hall–Kier alpha value is -2.89. The number of furan rings is 1. The van der Waals surface area contributed by atoms with Gasteiger partial charge in [-0.3, -0.25) is 14.4 Å². The number of ketones is 2. The number of Topliss-reactive ketones (excluding diaryl/α,β-unsaturated/α-hetero) is 2. The first-order chi connectivity index (χ1) is 14.9. The van der Waals surface area contributed by atoms with Crippen molar-refractivity contribution in [3.05, 3.63) is 48.2 Å². The first-order valence-electron chi connectivity index (χ1n) is 10.9. The summed E-state index contributed by atoms with van der Waals surface area (Å²) in [5.41, 5.74) is 1.52. The van der Waals surface area contributed by atoms with Crippen LogP contribution in [0.4, 0.5) is 0 Å². The van der Waals surface area contributed by atoms with Crippen LogP contribution in [0.2, 0.25) is 0 Å². The quantitative estimate of drug-likeness (QED) is 0.258. The third-order valence-corrected chi connectivity index (χ3v) is 5.10. The molecule has 0 spiro atoms. The molecule has 0 aliphatic heterocycles. The Kier molecular flexibility index (Phi) is 8.42. The molecule has 0 bridgehead atoms. The fourth-order valence-corrected chi connectivity index (χ4v) is 4.01. The van der Waals surface area contributed by atoms with E-state index < -0.39 is 23.5 Å². The van der Waals surface area contributed by atoms with E-state index in [1.807, 2.05) is 12.1 Å². The molecule has 1 aromatic carbocycles. The molecule has 0 saturated carbocycles. The molecule has 0 amide bonds. The topological polar surface area (TPSA) is 82.8 Å². The summed E-state index contributed by atoms with van der Waals surface area (Å²) in [5, 5.41) is 0. The zero-order valence-corrected chi connectivity index (χ0v) is 19.9. The van der Waals surface area contributed by atoms with Gasteiger partial charge in [0, 0.05) is 12.5 Å². The average molecular weight is 443 g/mol. The highest BCUT2D eigenvalue weighted by molar-refractivity contribution is 6.16. The Morgan fingerprint density at radius 1 is 1.00 bits per heavy atom. The fraction of sp³-hybridized carbons (Fsp3) is 0.500. The van der Waals surface area contributed by atoms with Gasteiger partial charge >= 0.3 is 5.97 Å². The second-order valence-electron chi connectivity index (χ2n) is 9.96. The van der Waals surface area contributed by atoms with Crippen molar-refractivity contribution in [1.82, 2.24) is 0 Å². The van der Waals surface area contributed by atoms with E-state index in [0.29, 0.717) is 18.8 Å². The number of hydrogen-bond acceptors (Lipinski definition) is 6. The van der Waals surface area contributed by atoms with Crippen LogP contribution < -0.4 is 9.47 Å². The van der Waals surface area contributed by atoms with E-state index in [0.717, 1.165) is 6.42 Å². The molecule has 174 valence electrons. The lowest BCUT2D eigenvalue weighted by Crippen LogP contribution is -2.33. The smallest absolute Gasteiger partial charge is 0.331 e. The van der Waals surface area contributed by atoms with Gasteiger partial charge in [0.2, 0.25) is 0 Å². The molecule has 0 fully saturated rings. The monoisotopic (exact) mass is 442 g/mol. The summed E-state index contributed by atoms with van der Waals surface area (Å²) in [7, 11) is 0. The lowest BCUT2D eigenvalue weighted by atomic mass is 9.72. The van der Waals surface area contributed by atoms with E-state index in [2.05, 4.69) is 46.8 Å². The Labute approximate surface area is 190 Å². The summed E-state index contributed by atoms with van der Waals surface area (Å²) in [6, 6.07) is 11.0. The van der Waals surface area contributed by atoms with Gasteiger partial charge in [-0.25, -0.2) is 0 Å². The molecule has 0 N–H and O–H groups in total. The molecule has 0 saturated heterocycles. The first-order valence-corrected chi connectivity index (χ1v) is 10.9. The molecule has 0 aliphatic carbocycles. The molecular weight excluding hydrogens is 408 g/mol. The summed E-state index contributed by atoms with van der Waals surface area (Å²) >= 11 is 0. The summed E-state index contributed by atoms with van der Waals surface area (Å²) in [5.74, 6) is -2.76. The Bertz CT molecular complexity index is 901. The van der Waals surface area contributed by atoms with Gasteiger partial charge in [0.1, 0.15) is 5.75 Å². The number of esters is 1. The van der Waals surface area contributed by atoms with Crippen LogP contribution in [0.1, 0.15) is 66.4 Å². The minimum absolute atomic E-state index is 0.0359. The summed E-state index contributed by atoms with van der Waals surface area (Å²) in [6.07, 6.45) is 2.81. The lowest BCUT2D eigenvalue weighted by molar-refractivity contribution is -0.148. The number of rotatable bonds is 11. The highest BCUT2D eigenvalue weighted by Gasteiger charge is 2.33. The molecule has 2 aromatic rings. The third-order valence-electron chi connectivity index (χ3n) is 5.10. The predicted octanol–water partition coefficient (Wildman–Crippen LogP) is 5.53. The number of carbonyl (C=O) groups excluding carboxylic acids is 3. The molecule has 32 heavy (non-hydrogen) atoms. The van der Waals surface area contributed by atoms with Gasteiger partial charge in [0.15, 0.2) is 17.5 Å². The van der Waals surface area contributed by atoms with Gasteiger partial charge in [-0.15, -0.1) is 0 Å². The number of hydrogen-bond donors (Lipinski definition) is 0. The molecule has 1 unspecified atom stereocenters. The van der Waals surface area contributed by atoms with Crippen LogP contribution in [-0.2, 0) is 19.8 Å². The largest absolute Gasteiger partial charge is 0.494 e. The van der Waals surface area contributed by atoms with Crippen LogP contribution in [0, 0.1) is 11.3 Å². The molecule has 0 aliphatic rings. The van der Waals surface area contributed by atoms with Gasteiger partial charge in [-0.05, 0) is 54.4 Å². The zero-order chi connectivity index (χ0) is 23.9. The van der Waals surface area contributed by atoms with Crippen molar-refractivity contribution in [3.63, 3.8) is 0 Å². The van der Waals surface area contributed by atoms with Gasteiger partial charge in [0.05, 0.1) is 12.9 Å². The third kappa shape index (κ3) is 7.66. The van der Waals surface area contributed by atoms with E-state index in [1.54, 1.807) is 6.07 Å². The van der Waals surface area contributed by atoms with E-state index in [-0.39, 0.29) is 23.2 Å². The molecule has 1 aromatic heterocycles. The van der Waals surface area contributed by atoms with E-state index in [1.165, 1.54) is 24.8 Å². The van der Waals surface area contributed by atoms with Gasteiger partial charge in [0.25, 0.3) is 5.95 Å². The number of ether oxygens (including phenoxy) is 2. The van der Waals surface area contributed by atoms with Crippen molar-refractivity contribution in [2.24, 2.45) is 11.3 Å². The van der Waals surface area contributed by atoms with Gasteiger partial charge in [-0.1, -0.05) is 46.8 Å². The maximum Gasteiger partial charge on any atom is 0.331 e. The minimum atomic E-state index is -1.45. The second-order valence-corrected chi connectivity index (χ2v) is 9.96. The van der Waals surface area contributed by atoms with Crippen LogP contribution in [0.3, 0.4) is 0 Å². The summed E-state index contributed by atoms with van der Waals surface area (Å²) in [6.45, 7) is 12.7. The van der Waals surface area contributed by atoms with Gasteiger partial charge in [-0.2, -0.15) is 0 Å². The molecule has 1 heterocycles. The Morgan fingerprint density at radius 3 is 2.19 bits per heavy atom. The van der Waals surface area contributed by atoms with Crippen molar-refractivity contribution in [1.29, 1.82) is 0 Å². The van der Waals surface area contributed by atoms with Crippen molar-refractivity contribution >= 4 is 17.5 Å². The predicted molar refractivity (Wildman–Crippen MR) is 122 cm³/mol. The lowest BCUT2D eigenvalue weighted by Gasteiger charge is -2.33. The normalized spacial score (nSPS) is 12.8. The van der Waals surface area contributed by atoms with Crippen LogP contribution in [0.15, 0.2) is 47.1 Å². The molecule has 6 heteroatoms. The zero-order valence-electron chi connectivity index (χ0n) is 19.9. The Morgan fingerprint density at radius 2 is 1.66 bits per heavy atom. The van der Waals surface area contributed by atoms with Crippen LogP contribution >= 0.6 is 0 Å². The van der Waals surface area contributed by atoms with E-state index in [9.17, 15) is 14.4 Å². The molecular formula is C26H34O6. The second kappa shape index (κ2) is 10.6. The molecule has 1 atom stereocenters. The SMILES string of the molecule is CC(=O)C(C(=O)CCCOc1ccc(C(C)(C)CC(C)(C)C)cc1)C(=O)Oc1ccco1. The van der Waals surface area contributed by atoms with Crippen molar-refractivity contribution in [2.75, 3.05) is 6.61 Å². The van der Waals surface area contributed by atoms with Crippen LogP contribution in [-0.4, -0.2) is 24.1 Å². The highest BCUT2D eigenvalue weighted by Crippen LogP contribution is 2.36. The van der Waals surface area contributed by atoms with Crippen molar-refractivity contribution < 1.29 is 28.3 Å². The summed E-state index contributed by atoms with van der Waals surface area (Å²) < 4.78 is 15.6. The maximum absolute atomic E-state index is 12.4. The molecule has 6 nitrogen and oxygen atoms in total. The maximum atomic E-state index is 12.4. The van der Waals surface area contributed by atoms with Gasteiger partial charge < -0.3 is 13.9 Å². The molecule has 2 rings (SSSR count). The van der Waals surface area contributed by atoms with Crippen LogP contribution in [0.25, 0.3) is 0 Å². The fourth-order valence-electron chi connectivity index (χ4n) is 4.01. The van der Waals surface area contributed by atoms with E-state index >= 15 is 0 Å². The summed E-state index contributed by atoms with van der Waals surface area (Å²) in [4.78, 5) is 36.4. The van der Waals surface area contributed by atoms with Crippen molar-refractivity contribution in [2.45, 2.75) is 66.2 Å². The van der Waals surface area contributed by atoms with E-state index in [4.69, 9.17) is 13.9 Å². The standard InChI is InChI=1S/C26H34O6/c1-18(27)23(24(29)32-22-10-8-16-31-22)21(28)9-7-15-30-20-13-11-19(12-14-20)26(5,6)17-25(2,3)4/h8,10-14,16,23H,7,9,15,17H2,1-6H3.